The summed E-state index contributed by atoms with van der Waals surface area (Å²) in [6, 6.07) is 14.9. The summed E-state index contributed by atoms with van der Waals surface area (Å²) in [4.78, 5) is 22.8. The highest BCUT2D eigenvalue weighted by atomic mass is 16.5. The van der Waals surface area contributed by atoms with E-state index in [-0.39, 0.29) is 5.91 Å². The summed E-state index contributed by atoms with van der Waals surface area (Å²) in [7, 11) is 0. The Kier molecular flexibility index (Phi) is 5.96. The summed E-state index contributed by atoms with van der Waals surface area (Å²) < 4.78 is 5.54. The number of nitriles is 1. The van der Waals surface area contributed by atoms with Crippen molar-refractivity contribution in [2.24, 2.45) is 5.73 Å². The van der Waals surface area contributed by atoms with E-state index in [0.29, 0.717) is 23.5 Å². The van der Waals surface area contributed by atoms with Crippen LogP contribution in [0.5, 0.6) is 5.75 Å². The second-order valence-corrected chi connectivity index (χ2v) is 5.30. The maximum atomic E-state index is 12.1. The highest BCUT2D eigenvalue weighted by Crippen LogP contribution is 2.14. The number of hydrogen-bond donors (Lipinski definition) is 3. The van der Waals surface area contributed by atoms with Crippen molar-refractivity contribution in [3.8, 4) is 11.8 Å². The molecular formula is C18H18N4O3. The van der Waals surface area contributed by atoms with Crippen molar-refractivity contribution in [3.05, 3.63) is 59.7 Å². The van der Waals surface area contributed by atoms with Crippen LogP contribution in [0.1, 0.15) is 18.1 Å². The molecule has 0 aliphatic carbocycles. The minimum Gasteiger partial charge on any atom is -0.481 e. The molecule has 0 aromatic heterocycles. The predicted molar refractivity (Wildman–Crippen MR) is 92.7 cm³/mol. The van der Waals surface area contributed by atoms with E-state index < -0.39 is 12.1 Å². The van der Waals surface area contributed by atoms with E-state index in [1.54, 1.807) is 55.5 Å². The third-order valence-corrected chi connectivity index (χ3v) is 3.35. The summed E-state index contributed by atoms with van der Waals surface area (Å²) in [5.74, 6) is 0.257. The minimum absolute atomic E-state index is 0.260. The lowest BCUT2D eigenvalue weighted by Gasteiger charge is -2.15. The second kappa shape index (κ2) is 8.36. The number of amides is 3. The summed E-state index contributed by atoms with van der Waals surface area (Å²) in [5.41, 5.74) is 7.02. The number of nitrogens with one attached hydrogen (secondary N) is 2. The van der Waals surface area contributed by atoms with Gasteiger partial charge in [0, 0.05) is 12.2 Å². The number of ether oxygens (including phenoxy) is 1. The zero-order valence-electron chi connectivity index (χ0n) is 13.7. The number of benzene rings is 2. The number of nitrogens with two attached hydrogens (primary N) is 1. The Balaban J connectivity index is 1.84. The molecule has 0 bridgehead atoms. The van der Waals surface area contributed by atoms with Gasteiger partial charge in [-0.3, -0.25) is 4.79 Å². The maximum Gasteiger partial charge on any atom is 0.316 e. The topological polar surface area (TPSA) is 117 Å². The van der Waals surface area contributed by atoms with E-state index in [1.807, 2.05) is 6.07 Å². The van der Waals surface area contributed by atoms with Crippen molar-refractivity contribution in [2.45, 2.75) is 19.6 Å². The highest BCUT2D eigenvalue weighted by Gasteiger charge is 2.14. The molecule has 2 aromatic rings. The maximum absolute atomic E-state index is 12.1. The molecule has 0 saturated heterocycles. The standard InChI is InChI=1S/C18H18N4O3/c1-12(25-16-8-4-13(10-19)5-9-16)17(23)21-11-14-2-6-15(7-3-14)22-18(20)24/h2-9,12H,11H2,1H3,(H,21,23)(H3,20,22,24). The lowest BCUT2D eigenvalue weighted by Crippen LogP contribution is -2.35. The molecule has 0 spiro atoms. The third-order valence-electron chi connectivity index (χ3n) is 3.35. The van der Waals surface area contributed by atoms with Crippen molar-refractivity contribution in [1.82, 2.24) is 5.32 Å². The number of rotatable bonds is 6. The van der Waals surface area contributed by atoms with E-state index in [2.05, 4.69) is 10.6 Å². The van der Waals surface area contributed by atoms with E-state index in [1.165, 1.54) is 0 Å². The van der Waals surface area contributed by atoms with Crippen molar-refractivity contribution in [2.75, 3.05) is 5.32 Å². The van der Waals surface area contributed by atoms with Gasteiger partial charge in [0.05, 0.1) is 11.6 Å². The van der Waals surface area contributed by atoms with Crippen LogP contribution in [-0.2, 0) is 11.3 Å². The van der Waals surface area contributed by atoms with Crippen LogP contribution in [0.15, 0.2) is 48.5 Å². The Morgan fingerprint density at radius 1 is 1.16 bits per heavy atom. The first-order chi connectivity index (χ1) is 12.0. The smallest absolute Gasteiger partial charge is 0.316 e. The molecule has 2 aromatic carbocycles. The molecule has 25 heavy (non-hydrogen) atoms. The number of hydrogen-bond acceptors (Lipinski definition) is 4. The van der Waals surface area contributed by atoms with Crippen LogP contribution in [0.4, 0.5) is 10.5 Å². The van der Waals surface area contributed by atoms with Crippen molar-refractivity contribution in [1.29, 1.82) is 5.26 Å². The molecule has 0 aliphatic heterocycles. The normalized spacial score (nSPS) is 11.0. The average Bonchev–Trinajstić information content (AvgIpc) is 2.61. The number of urea groups is 1. The Morgan fingerprint density at radius 2 is 1.80 bits per heavy atom. The molecule has 7 nitrogen and oxygen atoms in total. The summed E-state index contributed by atoms with van der Waals surface area (Å²) in [6.07, 6.45) is -0.677. The van der Waals surface area contributed by atoms with Gasteiger partial charge in [-0.1, -0.05) is 12.1 Å². The van der Waals surface area contributed by atoms with Crippen LogP contribution in [-0.4, -0.2) is 18.0 Å². The molecule has 3 amide bonds. The molecule has 1 atom stereocenters. The first kappa shape index (κ1) is 17.8. The lowest BCUT2D eigenvalue weighted by atomic mass is 10.2. The van der Waals surface area contributed by atoms with Crippen molar-refractivity contribution >= 4 is 17.6 Å². The van der Waals surface area contributed by atoms with Gasteiger partial charge >= 0.3 is 6.03 Å². The Hall–Kier alpha value is -3.53. The number of anilines is 1. The lowest BCUT2D eigenvalue weighted by molar-refractivity contribution is -0.127. The molecule has 2 rings (SSSR count). The molecule has 7 heteroatoms. The van der Waals surface area contributed by atoms with E-state index >= 15 is 0 Å². The molecule has 0 fully saturated rings. The zero-order chi connectivity index (χ0) is 18.2. The van der Waals surface area contributed by atoms with Gasteiger partial charge in [0.15, 0.2) is 6.10 Å². The van der Waals surface area contributed by atoms with Gasteiger partial charge in [0.2, 0.25) is 0 Å². The van der Waals surface area contributed by atoms with Crippen LogP contribution >= 0.6 is 0 Å². The monoisotopic (exact) mass is 338 g/mol. The van der Waals surface area contributed by atoms with Gasteiger partial charge < -0.3 is 21.1 Å². The fraction of sp³-hybridized carbons (Fsp3) is 0.167. The van der Waals surface area contributed by atoms with Crippen LogP contribution in [0, 0.1) is 11.3 Å². The Bertz CT molecular complexity index is 779. The Morgan fingerprint density at radius 3 is 2.36 bits per heavy atom. The fourth-order valence-electron chi connectivity index (χ4n) is 2.05. The molecule has 0 aliphatic rings. The molecule has 0 saturated carbocycles. The first-order valence-corrected chi connectivity index (χ1v) is 7.58. The number of carbonyl (C=O) groups excluding carboxylic acids is 2. The van der Waals surface area contributed by atoms with Crippen molar-refractivity contribution < 1.29 is 14.3 Å². The van der Waals surface area contributed by atoms with Crippen LogP contribution in [0.2, 0.25) is 0 Å². The summed E-state index contributed by atoms with van der Waals surface area (Å²) in [5, 5.41) is 14.0. The zero-order valence-corrected chi connectivity index (χ0v) is 13.7. The highest BCUT2D eigenvalue weighted by molar-refractivity contribution is 5.87. The molecule has 0 radical (unpaired) electrons. The molecule has 1 unspecified atom stereocenters. The van der Waals surface area contributed by atoms with Crippen molar-refractivity contribution in [3.63, 3.8) is 0 Å². The van der Waals surface area contributed by atoms with E-state index in [9.17, 15) is 9.59 Å². The third kappa shape index (κ3) is 5.55. The molecule has 4 N–H and O–H groups in total. The quantitative estimate of drug-likeness (QED) is 0.748. The van der Waals surface area contributed by atoms with Gasteiger partial charge in [-0.05, 0) is 48.9 Å². The number of primary amides is 1. The van der Waals surface area contributed by atoms with Gasteiger partial charge in [0.1, 0.15) is 5.75 Å². The van der Waals surface area contributed by atoms with E-state index in [0.717, 1.165) is 5.56 Å². The predicted octanol–water partition coefficient (Wildman–Crippen LogP) is 2.13. The first-order valence-electron chi connectivity index (χ1n) is 7.58. The SMILES string of the molecule is CC(Oc1ccc(C#N)cc1)C(=O)NCc1ccc(NC(N)=O)cc1. The second-order valence-electron chi connectivity index (χ2n) is 5.30. The van der Waals surface area contributed by atoms with E-state index in [4.69, 9.17) is 15.7 Å². The van der Waals surface area contributed by atoms with Gasteiger partial charge in [0.25, 0.3) is 5.91 Å². The number of nitrogens with zero attached hydrogens (tertiary/aromatic N) is 1. The summed E-state index contributed by atoms with van der Waals surface area (Å²) in [6.45, 7) is 1.98. The fourth-order valence-corrected chi connectivity index (χ4v) is 2.05. The van der Waals surface area contributed by atoms with Crippen LogP contribution in [0.25, 0.3) is 0 Å². The average molecular weight is 338 g/mol. The molecular weight excluding hydrogens is 320 g/mol. The minimum atomic E-state index is -0.677. The largest absolute Gasteiger partial charge is 0.481 e. The van der Waals surface area contributed by atoms with Gasteiger partial charge in [-0.25, -0.2) is 4.79 Å². The van der Waals surface area contributed by atoms with Crippen LogP contribution in [0.3, 0.4) is 0 Å². The Labute approximate surface area is 145 Å². The van der Waals surface area contributed by atoms with Crippen LogP contribution < -0.4 is 21.1 Å². The van der Waals surface area contributed by atoms with Gasteiger partial charge in [-0.15, -0.1) is 0 Å². The van der Waals surface area contributed by atoms with Gasteiger partial charge in [-0.2, -0.15) is 5.26 Å². The summed E-state index contributed by atoms with van der Waals surface area (Å²) >= 11 is 0. The molecule has 0 heterocycles. The number of carbonyl (C=O) groups is 2. The molecule has 128 valence electrons.